The Bertz CT molecular complexity index is 645. The average Bonchev–Trinajstić information content (AvgIpc) is 2.53. The number of hydrogen-bond acceptors (Lipinski definition) is 4. The van der Waals surface area contributed by atoms with Gasteiger partial charge in [0.15, 0.2) is 0 Å². The number of amides is 2. The molecule has 2 amide bonds. The molecular weight excluding hydrogens is 330 g/mol. The molecule has 0 aliphatic rings. The fraction of sp³-hybridized carbons (Fsp3) is 0.500. The lowest BCUT2D eigenvalue weighted by Crippen LogP contribution is -2.47. The molecule has 0 spiro atoms. The molecule has 1 aromatic rings. The molecule has 3 N–H and O–H groups in total. The number of carbonyl (C=O) groups is 2. The summed E-state index contributed by atoms with van der Waals surface area (Å²) in [5, 5.41) is 5.15. The van der Waals surface area contributed by atoms with Gasteiger partial charge in [-0.2, -0.15) is 0 Å². The van der Waals surface area contributed by atoms with Gasteiger partial charge in [0.25, 0.3) is 0 Å². The van der Waals surface area contributed by atoms with Crippen LogP contribution in [0.3, 0.4) is 0 Å². The van der Waals surface area contributed by atoms with Crippen LogP contribution in [0.2, 0.25) is 0 Å². The summed E-state index contributed by atoms with van der Waals surface area (Å²) in [5.74, 6) is -0.397. The van der Waals surface area contributed by atoms with Crippen molar-refractivity contribution in [2.75, 3.05) is 13.6 Å². The fourth-order valence-electron chi connectivity index (χ4n) is 2.13. The van der Waals surface area contributed by atoms with Crippen molar-refractivity contribution in [3.05, 3.63) is 30.3 Å². The van der Waals surface area contributed by atoms with E-state index in [-0.39, 0.29) is 35.6 Å². The second-order valence-electron chi connectivity index (χ2n) is 5.82. The normalized spacial score (nSPS) is 12.7. The van der Waals surface area contributed by atoms with Crippen LogP contribution in [0.15, 0.2) is 35.2 Å². The fourth-order valence-corrected chi connectivity index (χ4v) is 3.18. The van der Waals surface area contributed by atoms with Crippen LogP contribution >= 0.6 is 0 Å². The minimum Gasteiger partial charge on any atom is -0.357 e. The Balaban J connectivity index is 2.52. The number of likely N-dealkylation sites (N-methyl/N-ethyl adjacent to an activating group) is 1. The van der Waals surface area contributed by atoms with Gasteiger partial charge in [-0.05, 0) is 24.5 Å². The Morgan fingerprint density at radius 1 is 1.12 bits per heavy atom. The van der Waals surface area contributed by atoms with Crippen molar-refractivity contribution in [1.29, 1.82) is 0 Å². The van der Waals surface area contributed by atoms with Crippen LogP contribution in [0.1, 0.15) is 26.7 Å². The van der Waals surface area contributed by atoms with Crippen molar-refractivity contribution in [2.45, 2.75) is 37.6 Å². The van der Waals surface area contributed by atoms with E-state index in [0.29, 0.717) is 6.42 Å². The first kappa shape index (κ1) is 20.1. The van der Waals surface area contributed by atoms with Crippen LogP contribution in [0.25, 0.3) is 0 Å². The summed E-state index contributed by atoms with van der Waals surface area (Å²) in [4.78, 5) is 23.9. The largest absolute Gasteiger partial charge is 0.357 e. The maximum atomic E-state index is 12.0. The van der Waals surface area contributed by atoms with Gasteiger partial charge in [-0.15, -0.1) is 0 Å². The number of sulfonamides is 1. The van der Waals surface area contributed by atoms with E-state index in [1.165, 1.54) is 19.2 Å². The number of carbonyl (C=O) groups excluding carboxylic acids is 2. The Morgan fingerprint density at radius 2 is 1.75 bits per heavy atom. The molecule has 0 heterocycles. The molecule has 134 valence electrons. The third-order valence-corrected chi connectivity index (χ3v) is 4.78. The highest BCUT2D eigenvalue weighted by molar-refractivity contribution is 7.89. The van der Waals surface area contributed by atoms with Crippen LogP contribution < -0.4 is 15.4 Å². The first-order chi connectivity index (χ1) is 11.3. The maximum Gasteiger partial charge on any atom is 0.242 e. The van der Waals surface area contributed by atoms with Crippen LogP contribution in [0, 0.1) is 5.92 Å². The van der Waals surface area contributed by atoms with Gasteiger partial charge in [0.05, 0.1) is 4.90 Å². The number of benzene rings is 1. The van der Waals surface area contributed by atoms with E-state index in [1.54, 1.807) is 18.2 Å². The first-order valence-electron chi connectivity index (χ1n) is 7.82. The van der Waals surface area contributed by atoms with Crippen LogP contribution in [0.5, 0.6) is 0 Å². The zero-order valence-corrected chi connectivity index (χ0v) is 15.0. The predicted octanol–water partition coefficient (Wildman–Crippen LogP) is 0.632. The van der Waals surface area contributed by atoms with Gasteiger partial charge < -0.3 is 10.6 Å². The molecule has 24 heavy (non-hydrogen) atoms. The molecular formula is C16H25N3O4S. The maximum absolute atomic E-state index is 12.0. The number of nitrogens with one attached hydrogen (secondary N) is 3. The lowest BCUT2D eigenvalue weighted by atomic mass is 10.0. The van der Waals surface area contributed by atoms with Crippen molar-refractivity contribution < 1.29 is 18.0 Å². The predicted molar refractivity (Wildman–Crippen MR) is 91.7 cm³/mol. The monoisotopic (exact) mass is 355 g/mol. The van der Waals surface area contributed by atoms with E-state index in [1.807, 2.05) is 13.8 Å². The van der Waals surface area contributed by atoms with Gasteiger partial charge in [0.1, 0.15) is 6.04 Å². The summed E-state index contributed by atoms with van der Waals surface area (Å²) in [6.45, 7) is 3.87. The summed E-state index contributed by atoms with van der Waals surface area (Å²) in [5.41, 5.74) is 0. The Labute approximate surface area is 143 Å². The van der Waals surface area contributed by atoms with E-state index < -0.39 is 16.1 Å². The molecule has 0 saturated heterocycles. The summed E-state index contributed by atoms with van der Waals surface area (Å²) in [6.07, 6.45) is 0.471. The molecule has 0 radical (unpaired) electrons. The average molecular weight is 355 g/mol. The molecule has 0 fully saturated rings. The molecule has 1 aromatic carbocycles. The molecule has 0 aromatic heterocycles. The first-order valence-corrected chi connectivity index (χ1v) is 9.30. The highest BCUT2D eigenvalue weighted by atomic mass is 32.2. The molecule has 8 heteroatoms. The van der Waals surface area contributed by atoms with Gasteiger partial charge >= 0.3 is 0 Å². The molecule has 0 saturated carbocycles. The van der Waals surface area contributed by atoms with Gasteiger partial charge in [-0.3, -0.25) is 9.59 Å². The van der Waals surface area contributed by atoms with Crippen LogP contribution in [0.4, 0.5) is 0 Å². The molecule has 0 aliphatic heterocycles. The van der Waals surface area contributed by atoms with E-state index in [4.69, 9.17) is 0 Å². The van der Waals surface area contributed by atoms with Crippen molar-refractivity contribution in [1.82, 2.24) is 15.4 Å². The molecule has 0 aliphatic carbocycles. The molecule has 7 nitrogen and oxygen atoms in total. The second-order valence-corrected chi connectivity index (χ2v) is 7.59. The molecule has 0 bridgehead atoms. The second kappa shape index (κ2) is 9.39. The van der Waals surface area contributed by atoms with Gasteiger partial charge in [0, 0.05) is 20.0 Å². The number of rotatable bonds is 9. The van der Waals surface area contributed by atoms with Crippen molar-refractivity contribution in [2.24, 2.45) is 5.92 Å². The summed E-state index contributed by atoms with van der Waals surface area (Å²) in [6, 6.07) is 7.31. The van der Waals surface area contributed by atoms with Gasteiger partial charge in [0.2, 0.25) is 21.8 Å². The Hall–Kier alpha value is -1.93. The summed E-state index contributed by atoms with van der Waals surface area (Å²) >= 11 is 0. The van der Waals surface area contributed by atoms with Gasteiger partial charge in [-0.1, -0.05) is 32.0 Å². The minimum atomic E-state index is -3.63. The lowest BCUT2D eigenvalue weighted by Gasteiger charge is -2.19. The van der Waals surface area contributed by atoms with E-state index in [9.17, 15) is 18.0 Å². The Morgan fingerprint density at radius 3 is 2.29 bits per heavy atom. The third-order valence-electron chi connectivity index (χ3n) is 3.30. The molecule has 1 atom stereocenters. The van der Waals surface area contributed by atoms with Crippen molar-refractivity contribution >= 4 is 21.8 Å². The van der Waals surface area contributed by atoms with E-state index in [2.05, 4.69) is 15.4 Å². The van der Waals surface area contributed by atoms with E-state index in [0.717, 1.165) is 0 Å². The zero-order valence-electron chi connectivity index (χ0n) is 14.2. The SMILES string of the molecule is CNC(=O)C(CC(C)C)NC(=O)CCNS(=O)(=O)c1ccccc1. The highest BCUT2D eigenvalue weighted by Crippen LogP contribution is 2.07. The van der Waals surface area contributed by atoms with Crippen LogP contribution in [-0.4, -0.2) is 39.9 Å². The van der Waals surface area contributed by atoms with Crippen molar-refractivity contribution in [3.8, 4) is 0 Å². The lowest BCUT2D eigenvalue weighted by molar-refractivity contribution is -0.129. The van der Waals surface area contributed by atoms with Crippen molar-refractivity contribution in [3.63, 3.8) is 0 Å². The standard InChI is InChI=1S/C16H25N3O4S/c1-12(2)11-14(16(21)17-3)19-15(20)9-10-18-24(22,23)13-7-5-4-6-8-13/h4-8,12,14,18H,9-11H2,1-3H3,(H,17,21)(H,19,20). The molecule has 1 unspecified atom stereocenters. The quantitative estimate of drug-likeness (QED) is 0.604. The zero-order chi connectivity index (χ0) is 18.2. The minimum absolute atomic E-state index is 0.0365. The highest BCUT2D eigenvalue weighted by Gasteiger charge is 2.21. The van der Waals surface area contributed by atoms with E-state index >= 15 is 0 Å². The Kier molecular flexibility index (Phi) is 7.87. The van der Waals surface area contributed by atoms with Gasteiger partial charge in [-0.25, -0.2) is 13.1 Å². The topological polar surface area (TPSA) is 104 Å². The molecule has 1 rings (SSSR count). The third kappa shape index (κ3) is 6.67. The summed E-state index contributed by atoms with van der Waals surface area (Å²) in [7, 11) is -2.12. The number of hydrogen-bond donors (Lipinski definition) is 3. The smallest absolute Gasteiger partial charge is 0.242 e. The summed E-state index contributed by atoms with van der Waals surface area (Å²) < 4.78 is 26.4. The van der Waals surface area contributed by atoms with Crippen LogP contribution in [-0.2, 0) is 19.6 Å².